The van der Waals surface area contributed by atoms with Gasteiger partial charge in [-0.15, -0.1) is 0 Å². The molecule has 136 valence electrons. The second-order valence-corrected chi connectivity index (χ2v) is 6.08. The summed E-state index contributed by atoms with van der Waals surface area (Å²) in [6.07, 6.45) is 0. The molecule has 6 nitrogen and oxygen atoms in total. The quantitative estimate of drug-likeness (QED) is 0.813. The lowest BCUT2D eigenvalue weighted by molar-refractivity contribution is -0.120. The topological polar surface area (TPSA) is 75.7 Å². The summed E-state index contributed by atoms with van der Waals surface area (Å²) in [5.74, 6) is -1.33. The van der Waals surface area contributed by atoms with Gasteiger partial charge in [0.15, 0.2) is 0 Å². The second kappa shape index (κ2) is 8.49. The van der Waals surface area contributed by atoms with Gasteiger partial charge in [0.25, 0.3) is 0 Å². The fraction of sp³-hybridized carbons (Fsp3) is 0.211. The molecule has 0 aliphatic carbocycles. The number of methoxy groups -OCH3 is 1. The summed E-state index contributed by atoms with van der Waals surface area (Å²) in [7, 11) is 1.26. The van der Waals surface area contributed by atoms with E-state index in [1.54, 1.807) is 12.1 Å². The SMILES string of the molecule is COC(=O)c1ccc(Cl)c(N(CC(=O)Nc2ccc(C)cc2)C(C)=O)c1. The molecule has 0 heterocycles. The summed E-state index contributed by atoms with van der Waals surface area (Å²) in [4.78, 5) is 37.3. The molecule has 0 radical (unpaired) electrons. The van der Waals surface area contributed by atoms with Crippen LogP contribution in [0.1, 0.15) is 22.8 Å². The molecule has 0 atom stereocenters. The Morgan fingerprint density at radius 1 is 1.12 bits per heavy atom. The van der Waals surface area contributed by atoms with Crippen molar-refractivity contribution in [3.8, 4) is 0 Å². The molecule has 0 fully saturated rings. The molecule has 0 saturated heterocycles. The highest BCUT2D eigenvalue weighted by molar-refractivity contribution is 6.34. The number of halogens is 1. The smallest absolute Gasteiger partial charge is 0.337 e. The number of amides is 2. The standard InChI is InChI=1S/C19H19ClN2O4/c1-12-4-7-15(8-5-12)21-18(24)11-22(13(2)23)17-10-14(19(25)26-3)6-9-16(17)20/h4-10H,11H2,1-3H3,(H,21,24). The Labute approximate surface area is 156 Å². The molecule has 0 bridgehead atoms. The van der Waals surface area contributed by atoms with Crippen molar-refractivity contribution in [1.82, 2.24) is 0 Å². The molecule has 0 saturated carbocycles. The van der Waals surface area contributed by atoms with Crippen molar-refractivity contribution >= 4 is 40.8 Å². The predicted octanol–water partition coefficient (Wildman–Crippen LogP) is 3.43. The van der Waals surface area contributed by atoms with Gasteiger partial charge in [0, 0.05) is 12.6 Å². The van der Waals surface area contributed by atoms with Crippen LogP contribution in [0.5, 0.6) is 0 Å². The Balaban J connectivity index is 2.23. The largest absolute Gasteiger partial charge is 0.465 e. The number of rotatable bonds is 5. The summed E-state index contributed by atoms with van der Waals surface area (Å²) in [5, 5.41) is 2.97. The number of nitrogens with zero attached hydrogens (tertiary/aromatic N) is 1. The molecule has 7 heteroatoms. The van der Waals surface area contributed by atoms with E-state index in [2.05, 4.69) is 10.1 Å². The molecule has 0 spiro atoms. The van der Waals surface area contributed by atoms with Crippen LogP contribution in [-0.2, 0) is 14.3 Å². The van der Waals surface area contributed by atoms with Gasteiger partial charge in [0.2, 0.25) is 11.8 Å². The van der Waals surface area contributed by atoms with Crippen LogP contribution in [0.2, 0.25) is 5.02 Å². The first-order valence-electron chi connectivity index (χ1n) is 7.84. The molecule has 0 aromatic heterocycles. The van der Waals surface area contributed by atoms with Gasteiger partial charge in [0.05, 0.1) is 23.4 Å². The molecular weight excluding hydrogens is 356 g/mol. The molecule has 0 aliphatic rings. The Bertz CT molecular complexity index is 834. The maximum absolute atomic E-state index is 12.3. The number of benzene rings is 2. The van der Waals surface area contributed by atoms with Crippen LogP contribution >= 0.6 is 11.6 Å². The van der Waals surface area contributed by atoms with Crippen LogP contribution in [0.3, 0.4) is 0 Å². The molecule has 2 amide bonds. The Morgan fingerprint density at radius 2 is 1.77 bits per heavy atom. The normalized spacial score (nSPS) is 10.2. The fourth-order valence-corrected chi connectivity index (χ4v) is 2.53. The van der Waals surface area contributed by atoms with Crippen LogP contribution < -0.4 is 10.2 Å². The van der Waals surface area contributed by atoms with E-state index in [4.69, 9.17) is 11.6 Å². The van der Waals surface area contributed by atoms with Gasteiger partial charge in [-0.25, -0.2) is 4.79 Å². The van der Waals surface area contributed by atoms with E-state index in [1.165, 1.54) is 37.1 Å². The highest BCUT2D eigenvalue weighted by Gasteiger charge is 2.20. The van der Waals surface area contributed by atoms with Crippen LogP contribution in [0, 0.1) is 6.92 Å². The van der Waals surface area contributed by atoms with E-state index in [0.29, 0.717) is 5.69 Å². The number of hydrogen-bond acceptors (Lipinski definition) is 4. The monoisotopic (exact) mass is 374 g/mol. The Morgan fingerprint density at radius 3 is 2.35 bits per heavy atom. The predicted molar refractivity (Wildman–Crippen MR) is 101 cm³/mol. The maximum Gasteiger partial charge on any atom is 0.337 e. The minimum atomic E-state index is -0.560. The van der Waals surface area contributed by atoms with Crippen molar-refractivity contribution in [2.75, 3.05) is 23.9 Å². The zero-order chi connectivity index (χ0) is 19.3. The zero-order valence-corrected chi connectivity index (χ0v) is 15.5. The first-order valence-corrected chi connectivity index (χ1v) is 8.22. The number of hydrogen-bond donors (Lipinski definition) is 1. The maximum atomic E-state index is 12.3. The zero-order valence-electron chi connectivity index (χ0n) is 14.7. The third kappa shape index (κ3) is 4.83. The summed E-state index contributed by atoms with van der Waals surface area (Å²) in [5.41, 5.74) is 2.19. The molecule has 26 heavy (non-hydrogen) atoms. The summed E-state index contributed by atoms with van der Waals surface area (Å²) < 4.78 is 4.68. The lowest BCUT2D eigenvalue weighted by atomic mass is 10.2. The van der Waals surface area contributed by atoms with Crippen molar-refractivity contribution < 1.29 is 19.1 Å². The van der Waals surface area contributed by atoms with E-state index < -0.39 is 5.97 Å². The lowest BCUT2D eigenvalue weighted by Crippen LogP contribution is -2.37. The van der Waals surface area contributed by atoms with Crippen LogP contribution in [-0.4, -0.2) is 31.4 Å². The van der Waals surface area contributed by atoms with Gasteiger partial charge < -0.3 is 15.0 Å². The minimum Gasteiger partial charge on any atom is -0.465 e. The van der Waals surface area contributed by atoms with Crippen molar-refractivity contribution in [3.05, 3.63) is 58.6 Å². The van der Waals surface area contributed by atoms with Gasteiger partial charge in [-0.1, -0.05) is 29.3 Å². The van der Waals surface area contributed by atoms with Crippen molar-refractivity contribution in [1.29, 1.82) is 0 Å². The van der Waals surface area contributed by atoms with Crippen LogP contribution in [0.15, 0.2) is 42.5 Å². The summed E-state index contributed by atoms with van der Waals surface area (Å²) >= 11 is 6.17. The number of carbonyl (C=O) groups is 3. The number of carbonyl (C=O) groups excluding carboxylic acids is 3. The highest BCUT2D eigenvalue weighted by atomic mass is 35.5. The second-order valence-electron chi connectivity index (χ2n) is 5.68. The third-order valence-corrected chi connectivity index (χ3v) is 3.99. The molecule has 1 N–H and O–H groups in total. The van der Waals surface area contributed by atoms with E-state index >= 15 is 0 Å². The van der Waals surface area contributed by atoms with E-state index in [9.17, 15) is 14.4 Å². The minimum absolute atomic E-state index is 0.233. The molecular formula is C19H19ClN2O4. The summed E-state index contributed by atoms with van der Waals surface area (Å²) in [6.45, 7) is 3.02. The van der Waals surface area contributed by atoms with Crippen molar-refractivity contribution in [3.63, 3.8) is 0 Å². The van der Waals surface area contributed by atoms with Gasteiger partial charge in [-0.2, -0.15) is 0 Å². The van der Waals surface area contributed by atoms with Crippen molar-refractivity contribution in [2.24, 2.45) is 0 Å². The van der Waals surface area contributed by atoms with Crippen LogP contribution in [0.25, 0.3) is 0 Å². The van der Waals surface area contributed by atoms with E-state index in [0.717, 1.165) is 5.56 Å². The van der Waals surface area contributed by atoms with Gasteiger partial charge in [0.1, 0.15) is 6.54 Å². The Kier molecular flexibility index (Phi) is 6.36. The average molecular weight is 375 g/mol. The number of esters is 1. The lowest BCUT2D eigenvalue weighted by Gasteiger charge is -2.22. The summed E-state index contributed by atoms with van der Waals surface area (Å²) in [6, 6.07) is 11.7. The fourth-order valence-electron chi connectivity index (χ4n) is 2.31. The van der Waals surface area contributed by atoms with E-state index in [1.807, 2.05) is 19.1 Å². The Hall–Kier alpha value is -2.86. The van der Waals surface area contributed by atoms with Crippen LogP contribution in [0.4, 0.5) is 11.4 Å². The molecule has 2 aromatic carbocycles. The average Bonchev–Trinajstić information content (AvgIpc) is 2.61. The first-order chi connectivity index (χ1) is 12.3. The van der Waals surface area contributed by atoms with Gasteiger partial charge >= 0.3 is 5.97 Å². The van der Waals surface area contributed by atoms with Crippen molar-refractivity contribution in [2.45, 2.75) is 13.8 Å². The first kappa shape index (κ1) is 19.5. The number of aryl methyl sites for hydroxylation is 1. The number of anilines is 2. The molecule has 0 aliphatic heterocycles. The molecule has 0 unspecified atom stereocenters. The van der Waals surface area contributed by atoms with Gasteiger partial charge in [-0.3, -0.25) is 9.59 Å². The number of ether oxygens (including phenoxy) is 1. The number of nitrogens with one attached hydrogen (secondary N) is 1. The molecule has 2 rings (SSSR count). The van der Waals surface area contributed by atoms with Gasteiger partial charge in [-0.05, 0) is 37.3 Å². The third-order valence-electron chi connectivity index (χ3n) is 3.68. The van der Waals surface area contributed by atoms with E-state index in [-0.39, 0.29) is 34.6 Å². The molecule has 2 aromatic rings. The highest BCUT2D eigenvalue weighted by Crippen LogP contribution is 2.27.